The number of hydrogen-bond donors (Lipinski definition) is 1. The van der Waals surface area contributed by atoms with Crippen LogP contribution in [-0.2, 0) is 11.2 Å². The number of carbonyl (C=O) groups excluding carboxylic acids is 1. The highest BCUT2D eigenvalue weighted by Gasteiger charge is 2.50. The Morgan fingerprint density at radius 2 is 1.94 bits per heavy atom. The second kappa shape index (κ2) is 7.86. The van der Waals surface area contributed by atoms with Crippen LogP contribution >= 0.6 is 11.3 Å². The van der Waals surface area contributed by atoms with E-state index in [0.717, 1.165) is 43.7 Å². The number of thiazole rings is 1. The number of anilines is 1. The van der Waals surface area contributed by atoms with Crippen molar-refractivity contribution >= 4 is 55.4 Å². The number of nitrogens with zero attached hydrogens (tertiary/aromatic N) is 4. The van der Waals surface area contributed by atoms with Crippen molar-refractivity contribution in [2.75, 3.05) is 11.6 Å². The van der Waals surface area contributed by atoms with Gasteiger partial charge in [-0.1, -0.05) is 41.7 Å². The zero-order valence-corrected chi connectivity index (χ0v) is 17.3. The monoisotopic (exact) mass is 455 g/mol. The maximum absolute atomic E-state index is 13.6. The van der Waals surface area contributed by atoms with Crippen molar-refractivity contribution < 1.29 is 18.0 Å². The molecule has 0 spiro atoms. The van der Waals surface area contributed by atoms with Gasteiger partial charge in [0.15, 0.2) is 5.71 Å². The molecule has 0 saturated carbocycles. The van der Waals surface area contributed by atoms with E-state index in [9.17, 15) is 18.0 Å². The quantitative estimate of drug-likeness (QED) is 0.432. The SMILES string of the molecule is O=C1C(C=NCCc2c[nH]c3ccccc23)C(C(F)(F)F)=NN1c1nc2ccccc2s1. The number of H-pyrrole nitrogens is 1. The molecule has 10 heteroatoms. The number of aromatic amines is 1. The smallest absolute Gasteiger partial charge is 0.361 e. The molecule has 1 atom stereocenters. The van der Waals surface area contributed by atoms with E-state index in [4.69, 9.17) is 0 Å². The third-order valence-corrected chi connectivity index (χ3v) is 6.18. The number of para-hydroxylation sites is 2. The van der Waals surface area contributed by atoms with Crippen LogP contribution < -0.4 is 5.01 Å². The molecule has 3 heterocycles. The molecule has 4 aromatic rings. The summed E-state index contributed by atoms with van der Waals surface area (Å²) in [6.45, 7) is 0.248. The lowest BCUT2D eigenvalue weighted by Gasteiger charge is -2.09. The van der Waals surface area contributed by atoms with E-state index in [1.807, 2.05) is 30.5 Å². The van der Waals surface area contributed by atoms with Crippen LogP contribution in [0.15, 0.2) is 64.8 Å². The van der Waals surface area contributed by atoms with E-state index < -0.39 is 23.7 Å². The Morgan fingerprint density at radius 3 is 2.75 bits per heavy atom. The third kappa shape index (κ3) is 3.66. The molecule has 2 aromatic heterocycles. The second-order valence-electron chi connectivity index (χ2n) is 7.24. The van der Waals surface area contributed by atoms with Gasteiger partial charge in [0.25, 0.3) is 5.91 Å². The molecule has 0 aliphatic carbocycles. The zero-order valence-electron chi connectivity index (χ0n) is 16.5. The zero-order chi connectivity index (χ0) is 22.3. The Balaban J connectivity index is 1.36. The van der Waals surface area contributed by atoms with Crippen molar-refractivity contribution in [2.24, 2.45) is 16.0 Å². The van der Waals surface area contributed by atoms with Gasteiger partial charge in [0, 0.05) is 29.9 Å². The van der Waals surface area contributed by atoms with Gasteiger partial charge in [-0.05, 0) is 30.2 Å². The summed E-state index contributed by atoms with van der Waals surface area (Å²) in [6, 6.07) is 14.8. The van der Waals surface area contributed by atoms with Crippen LogP contribution in [0, 0.1) is 5.92 Å². The predicted octanol–water partition coefficient (Wildman–Crippen LogP) is 4.97. The molecule has 0 bridgehead atoms. The number of alkyl halides is 3. The van der Waals surface area contributed by atoms with Gasteiger partial charge in [0.1, 0.15) is 5.92 Å². The first-order valence-corrected chi connectivity index (χ1v) is 10.6. The first-order chi connectivity index (χ1) is 15.4. The minimum atomic E-state index is -4.76. The molecule has 0 fully saturated rings. The van der Waals surface area contributed by atoms with Gasteiger partial charge in [-0.25, -0.2) is 4.98 Å². The number of hydrogen-bond acceptors (Lipinski definition) is 5. The van der Waals surface area contributed by atoms with Crippen LogP contribution in [0.1, 0.15) is 5.56 Å². The Kier molecular flexibility index (Phi) is 5.01. The molecular weight excluding hydrogens is 439 g/mol. The lowest BCUT2D eigenvalue weighted by Crippen LogP contribution is -2.34. The second-order valence-corrected chi connectivity index (χ2v) is 8.25. The summed E-state index contributed by atoms with van der Waals surface area (Å²) in [5.74, 6) is -2.41. The van der Waals surface area contributed by atoms with Gasteiger partial charge in [-0.2, -0.15) is 23.3 Å². The molecule has 162 valence electrons. The minimum absolute atomic E-state index is 0.104. The molecule has 5 rings (SSSR count). The van der Waals surface area contributed by atoms with Crippen molar-refractivity contribution in [1.82, 2.24) is 9.97 Å². The number of aromatic nitrogens is 2. The van der Waals surface area contributed by atoms with Crippen molar-refractivity contribution in [3.63, 3.8) is 0 Å². The molecule has 2 aromatic carbocycles. The Hall–Kier alpha value is -3.53. The maximum atomic E-state index is 13.6. The molecule has 1 aliphatic rings. The summed E-state index contributed by atoms with van der Waals surface area (Å²) in [5, 5.41) is 5.47. The lowest BCUT2D eigenvalue weighted by molar-refractivity contribution is -0.119. The summed E-state index contributed by atoms with van der Waals surface area (Å²) in [4.78, 5) is 24.4. The molecule has 1 amide bonds. The highest BCUT2D eigenvalue weighted by Crippen LogP contribution is 2.35. The van der Waals surface area contributed by atoms with Gasteiger partial charge >= 0.3 is 6.18 Å². The highest BCUT2D eigenvalue weighted by atomic mass is 32.1. The van der Waals surface area contributed by atoms with Crippen molar-refractivity contribution in [3.05, 3.63) is 60.3 Å². The summed E-state index contributed by atoms with van der Waals surface area (Å²) < 4.78 is 41.5. The number of benzene rings is 2. The molecule has 0 radical (unpaired) electrons. The van der Waals surface area contributed by atoms with Crippen LogP contribution in [0.4, 0.5) is 18.3 Å². The van der Waals surface area contributed by atoms with E-state index in [1.54, 1.807) is 24.3 Å². The molecular formula is C22H16F3N5OS. The minimum Gasteiger partial charge on any atom is -0.361 e. The Labute approximate surface area is 184 Å². The number of aliphatic imine (C=N–C) groups is 1. The molecule has 1 N–H and O–H groups in total. The van der Waals surface area contributed by atoms with Gasteiger partial charge < -0.3 is 4.98 Å². The number of carbonyl (C=O) groups is 1. The van der Waals surface area contributed by atoms with Crippen LogP contribution in [-0.4, -0.2) is 40.5 Å². The summed E-state index contributed by atoms with van der Waals surface area (Å²) in [7, 11) is 0. The molecule has 1 aliphatic heterocycles. The van der Waals surface area contributed by atoms with Crippen LogP contribution in [0.3, 0.4) is 0 Å². The van der Waals surface area contributed by atoms with E-state index in [0.29, 0.717) is 11.9 Å². The number of amides is 1. The number of hydrazone groups is 1. The summed E-state index contributed by atoms with van der Waals surface area (Å²) in [6.07, 6.45) is -1.31. The normalized spacial score (nSPS) is 17.2. The lowest BCUT2D eigenvalue weighted by atomic mass is 10.0. The van der Waals surface area contributed by atoms with Crippen LogP contribution in [0.2, 0.25) is 0 Å². The van der Waals surface area contributed by atoms with Crippen LogP contribution in [0.25, 0.3) is 21.1 Å². The fourth-order valence-electron chi connectivity index (χ4n) is 3.63. The standard InChI is InChI=1S/C22H16F3N5OS/c23-22(24,25)19-15(12-26-10-9-13-11-27-16-6-2-1-5-14(13)16)20(31)30(29-19)21-28-17-7-3-4-8-18(17)32-21/h1-8,11-12,15,27H,9-10H2. The number of fused-ring (bicyclic) bond motifs is 2. The van der Waals surface area contributed by atoms with E-state index in [2.05, 4.69) is 20.1 Å². The van der Waals surface area contributed by atoms with Gasteiger partial charge in [0.2, 0.25) is 5.13 Å². The van der Waals surface area contributed by atoms with E-state index >= 15 is 0 Å². The Morgan fingerprint density at radius 1 is 1.16 bits per heavy atom. The fraction of sp³-hybridized carbons (Fsp3) is 0.182. The molecule has 0 saturated heterocycles. The average Bonchev–Trinajstić information content (AvgIpc) is 3.46. The van der Waals surface area contributed by atoms with Gasteiger partial charge in [0.05, 0.1) is 10.2 Å². The van der Waals surface area contributed by atoms with Gasteiger partial charge in [-0.3, -0.25) is 9.79 Å². The number of rotatable bonds is 5. The topological polar surface area (TPSA) is 73.7 Å². The summed E-state index contributed by atoms with van der Waals surface area (Å²) in [5.41, 5.74) is 1.41. The van der Waals surface area contributed by atoms with E-state index in [-0.39, 0.29) is 11.7 Å². The van der Waals surface area contributed by atoms with Gasteiger partial charge in [-0.15, -0.1) is 0 Å². The number of nitrogens with one attached hydrogen (secondary N) is 1. The first-order valence-electron chi connectivity index (χ1n) is 9.82. The number of halogens is 3. The highest BCUT2D eigenvalue weighted by molar-refractivity contribution is 7.22. The third-order valence-electron chi connectivity index (χ3n) is 5.17. The molecule has 1 unspecified atom stereocenters. The van der Waals surface area contributed by atoms with Crippen molar-refractivity contribution in [2.45, 2.75) is 12.6 Å². The van der Waals surface area contributed by atoms with Crippen molar-refractivity contribution in [3.8, 4) is 0 Å². The predicted molar refractivity (Wildman–Crippen MR) is 119 cm³/mol. The molecule has 6 nitrogen and oxygen atoms in total. The maximum Gasteiger partial charge on any atom is 0.432 e. The first kappa shape index (κ1) is 20.4. The fourth-order valence-corrected chi connectivity index (χ4v) is 4.55. The van der Waals surface area contributed by atoms with E-state index in [1.165, 1.54) is 0 Å². The largest absolute Gasteiger partial charge is 0.432 e. The van der Waals surface area contributed by atoms with Crippen LogP contribution in [0.5, 0.6) is 0 Å². The average molecular weight is 455 g/mol. The molecule has 32 heavy (non-hydrogen) atoms. The van der Waals surface area contributed by atoms with Crippen molar-refractivity contribution in [1.29, 1.82) is 0 Å². The Bertz CT molecular complexity index is 1340. The summed E-state index contributed by atoms with van der Waals surface area (Å²) >= 11 is 1.11.